The van der Waals surface area contributed by atoms with E-state index in [-0.39, 0.29) is 11.9 Å². The maximum absolute atomic E-state index is 12.8. The van der Waals surface area contributed by atoms with Gasteiger partial charge >= 0.3 is 0 Å². The number of aromatic nitrogens is 4. The van der Waals surface area contributed by atoms with Crippen molar-refractivity contribution in [3.63, 3.8) is 0 Å². The third-order valence-electron chi connectivity index (χ3n) is 8.34. The molecule has 11 nitrogen and oxygen atoms in total. The molecule has 11 heteroatoms. The van der Waals surface area contributed by atoms with E-state index < -0.39 is 0 Å². The van der Waals surface area contributed by atoms with Crippen LogP contribution in [0.3, 0.4) is 0 Å². The predicted octanol–water partition coefficient (Wildman–Crippen LogP) is 4.89. The van der Waals surface area contributed by atoms with Gasteiger partial charge in [0.2, 0.25) is 5.91 Å². The monoisotopic (exact) mass is 604 g/mol. The molecule has 2 aromatic heterocycles. The number of ether oxygens (including phenoxy) is 2. The zero-order chi connectivity index (χ0) is 31.1. The summed E-state index contributed by atoms with van der Waals surface area (Å²) >= 11 is 0. The Balaban J connectivity index is 1.09. The van der Waals surface area contributed by atoms with Crippen LogP contribution in [0.4, 0.5) is 17.2 Å². The lowest BCUT2D eigenvalue weighted by Crippen LogP contribution is -2.58. The van der Waals surface area contributed by atoms with E-state index in [4.69, 9.17) is 9.47 Å². The summed E-state index contributed by atoms with van der Waals surface area (Å²) in [6.45, 7) is 5.26. The Morgan fingerprint density at radius 3 is 2.82 bits per heavy atom. The zero-order valence-corrected chi connectivity index (χ0v) is 25.9. The number of carbonyl (C=O) groups is 1. The summed E-state index contributed by atoms with van der Waals surface area (Å²) in [5, 5.41) is 4.39. The van der Waals surface area contributed by atoms with Gasteiger partial charge in [-0.05, 0) is 63.0 Å². The van der Waals surface area contributed by atoms with E-state index in [0.29, 0.717) is 25.5 Å². The lowest BCUT2D eigenvalue weighted by Gasteiger charge is -2.45. The van der Waals surface area contributed by atoms with Gasteiger partial charge in [0.1, 0.15) is 36.0 Å². The first-order chi connectivity index (χ1) is 21.8. The highest BCUT2D eigenvalue weighted by Crippen LogP contribution is 2.40. The van der Waals surface area contributed by atoms with E-state index >= 15 is 0 Å². The number of likely N-dealkylation sites (N-methyl/N-ethyl adjacent to an activating group) is 1. The minimum atomic E-state index is 0.0432. The van der Waals surface area contributed by atoms with Gasteiger partial charge in [-0.25, -0.2) is 15.0 Å². The lowest BCUT2D eigenvalue weighted by atomic mass is 10.1. The van der Waals surface area contributed by atoms with Crippen molar-refractivity contribution >= 4 is 45.0 Å². The number of amides is 1. The number of nitrogens with zero attached hydrogens (tertiary/aromatic N) is 7. The van der Waals surface area contributed by atoms with Crippen molar-refractivity contribution in [2.24, 2.45) is 7.05 Å². The van der Waals surface area contributed by atoms with Crippen LogP contribution in [0, 0.1) is 6.92 Å². The molecule has 7 rings (SSSR count). The van der Waals surface area contributed by atoms with E-state index in [9.17, 15) is 4.79 Å². The third-order valence-corrected chi connectivity index (χ3v) is 8.34. The van der Waals surface area contributed by atoms with Crippen molar-refractivity contribution in [1.29, 1.82) is 0 Å². The Hall–Kier alpha value is -5.16. The summed E-state index contributed by atoms with van der Waals surface area (Å²) < 4.78 is 14.4. The zero-order valence-electron chi connectivity index (χ0n) is 25.9. The minimum absolute atomic E-state index is 0.0432. The molecular weight excluding hydrogens is 568 g/mol. The summed E-state index contributed by atoms with van der Waals surface area (Å²) in [5.41, 5.74) is 5.62. The fraction of sp³-hybridized carbons (Fsp3) is 0.294. The minimum Gasteiger partial charge on any atom is -0.489 e. The second kappa shape index (κ2) is 11.7. The summed E-state index contributed by atoms with van der Waals surface area (Å²) in [5.74, 6) is 3.06. The molecule has 1 atom stereocenters. The number of fused-ring (bicyclic) bond motifs is 5. The Bertz CT molecular complexity index is 1930. The summed E-state index contributed by atoms with van der Waals surface area (Å²) in [7, 11) is 5.94. The molecular formula is C34H36N8O3. The normalized spacial score (nSPS) is 16.2. The Morgan fingerprint density at radius 1 is 1.09 bits per heavy atom. The van der Waals surface area contributed by atoms with E-state index in [0.717, 1.165) is 69.2 Å². The largest absolute Gasteiger partial charge is 0.489 e. The maximum atomic E-state index is 12.8. The van der Waals surface area contributed by atoms with Gasteiger partial charge in [0, 0.05) is 62.5 Å². The quantitative estimate of drug-likeness (QED) is 0.260. The van der Waals surface area contributed by atoms with Crippen molar-refractivity contribution in [2.45, 2.75) is 13.0 Å². The fourth-order valence-corrected chi connectivity index (χ4v) is 5.97. The molecule has 0 spiro atoms. The van der Waals surface area contributed by atoms with Gasteiger partial charge in [-0.15, -0.1) is 0 Å². The number of aryl methyl sites for hydroxylation is 2. The van der Waals surface area contributed by atoms with Crippen LogP contribution in [0.15, 0.2) is 73.3 Å². The highest BCUT2D eigenvalue weighted by molar-refractivity contribution is 5.95. The lowest BCUT2D eigenvalue weighted by molar-refractivity contribution is -0.127. The molecule has 5 aromatic rings. The molecule has 2 aliphatic rings. The maximum Gasteiger partial charge on any atom is 0.246 e. The molecule has 1 saturated heterocycles. The van der Waals surface area contributed by atoms with Gasteiger partial charge in [-0.2, -0.15) is 0 Å². The average Bonchev–Trinajstić information content (AvgIpc) is 3.40. The molecule has 1 amide bonds. The second-order valence-corrected chi connectivity index (χ2v) is 11.9. The van der Waals surface area contributed by atoms with Crippen LogP contribution in [0.5, 0.6) is 17.2 Å². The van der Waals surface area contributed by atoms with Crippen LogP contribution in [0.25, 0.3) is 21.9 Å². The predicted molar refractivity (Wildman–Crippen MR) is 176 cm³/mol. The van der Waals surface area contributed by atoms with Crippen molar-refractivity contribution < 1.29 is 14.3 Å². The number of imidazole rings is 1. The summed E-state index contributed by atoms with van der Waals surface area (Å²) in [4.78, 5) is 32.7. The van der Waals surface area contributed by atoms with Crippen molar-refractivity contribution in [3.05, 3.63) is 78.9 Å². The highest BCUT2D eigenvalue weighted by atomic mass is 16.5. The summed E-state index contributed by atoms with van der Waals surface area (Å²) in [6.07, 6.45) is 6.95. The van der Waals surface area contributed by atoms with Crippen molar-refractivity contribution in [2.75, 3.05) is 57.1 Å². The summed E-state index contributed by atoms with van der Waals surface area (Å²) in [6, 6.07) is 16.1. The van der Waals surface area contributed by atoms with Gasteiger partial charge in [0.05, 0.1) is 34.6 Å². The van der Waals surface area contributed by atoms with Gasteiger partial charge in [-0.3, -0.25) is 4.79 Å². The number of hydrogen-bond donors (Lipinski definition) is 1. The molecule has 4 heterocycles. The van der Waals surface area contributed by atoms with Gasteiger partial charge < -0.3 is 34.1 Å². The fourth-order valence-electron chi connectivity index (χ4n) is 5.97. The van der Waals surface area contributed by atoms with Crippen LogP contribution in [-0.4, -0.2) is 88.1 Å². The number of piperazine rings is 1. The van der Waals surface area contributed by atoms with E-state index in [1.807, 2.05) is 91.0 Å². The molecule has 3 aromatic carbocycles. The number of hydrogen-bond acceptors (Lipinski definition) is 9. The molecule has 1 fully saturated rings. The third kappa shape index (κ3) is 5.74. The Labute approximate surface area is 261 Å². The molecule has 0 saturated carbocycles. The number of rotatable bonds is 7. The number of carbonyl (C=O) groups excluding carboxylic acids is 1. The van der Waals surface area contributed by atoms with Crippen LogP contribution in [-0.2, 0) is 11.8 Å². The number of anilines is 3. The SMILES string of the molecule is Cc1cc(Nc2ncnc3cc4c(cc23)N2CCN(C(=O)/C=C/CN(C)C)C[C@@H]2CO4)ccc1Oc1ccc2c(c1)ncn2C. The Morgan fingerprint density at radius 2 is 1.98 bits per heavy atom. The van der Waals surface area contributed by atoms with Crippen molar-refractivity contribution in [1.82, 2.24) is 29.3 Å². The van der Waals surface area contributed by atoms with Gasteiger partial charge in [0.15, 0.2) is 0 Å². The molecule has 230 valence electrons. The average molecular weight is 605 g/mol. The molecule has 45 heavy (non-hydrogen) atoms. The van der Waals surface area contributed by atoms with E-state index in [1.54, 1.807) is 18.7 Å². The van der Waals surface area contributed by atoms with Crippen LogP contribution in [0.1, 0.15) is 5.56 Å². The topological polar surface area (TPSA) is 101 Å². The molecule has 0 aliphatic carbocycles. The highest BCUT2D eigenvalue weighted by Gasteiger charge is 2.34. The van der Waals surface area contributed by atoms with Crippen LogP contribution in [0.2, 0.25) is 0 Å². The van der Waals surface area contributed by atoms with Crippen LogP contribution >= 0.6 is 0 Å². The smallest absolute Gasteiger partial charge is 0.246 e. The Kier molecular flexibility index (Phi) is 7.46. The first-order valence-corrected chi connectivity index (χ1v) is 15.1. The number of benzene rings is 3. The molecule has 0 radical (unpaired) electrons. The first kappa shape index (κ1) is 28.6. The van der Waals surface area contributed by atoms with Gasteiger partial charge in [-0.1, -0.05) is 6.08 Å². The van der Waals surface area contributed by atoms with Gasteiger partial charge in [0.25, 0.3) is 0 Å². The standard InChI is InChI=1S/C34H36N8O3/c1-22-14-23(7-10-31(22)45-25-8-9-29-28(15-25)37-21-40(29)4)38-34-26-16-30-32(17-27(26)35-20-36-34)44-19-24-18-41(12-13-42(24)30)33(43)6-5-11-39(2)3/h5-10,14-17,20-21,24H,11-13,18-19H2,1-4H3,(H,35,36,38)/b6-5+/t24-/m1/s1. The number of nitrogens with one attached hydrogen (secondary N) is 1. The van der Waals surface area contributed by atoms with E-state index in [1.165, 1.54) is 0 Å². The molecule has 1 N–H and O–H groups in total. The van der Waals surface area contributed by atoms with E-state index in [2.05, 4.69) is 31.2 Å². The molecule has 0 unspecified atom stereocenters. The molecule has 2 aliphatic heterocycles. The van der Waals surface area contributed by atoms with Crippen molar-refractivity contribution in [3.8, 4) is 17.2 Å². The first-order valence-electron chi connectivity index (χ1n) is 15.1. The van der Waals surface area contributed by atoms with Crippen LogP contribution < -0.4 is 19.7 Å². The molecule has 0 bridgehead atoms. The second-order valence-electron chi connectivity index (χ2n) is 11.9.